The molecule has 0 bridgehead atoms. The van der Waals surface area contributed by atoms with E-state index in [0.29, 0.717) is 21.6 Å². The molecule has 0 aliphatic rings. The van der Waals surface area contributed by atoms with Crippen LogP contribution in [0.3, 0.4) is 0 Å². The Labute approximate surface area is 184 Å². The second-order valence-corrected chi connectivity index (χ2v) is 7.20. The predicted octanol–water partition coefficient (Wildman–Crippen LogP) is 2.19. The van der Waals surface area contributed by atoms with Gasteiger partial charge in [-0.1, -0.05) is 0 Å². The van der Waals surface area contributed by atoms with E-state index < -0.39 is 0 Å². The zero-order valence-electron chi connectivity index (χ0n) is 18.2. The van der Waals surface area contributed by atoms with Crippen molar-refractivity contribution in [1.82, 2.24) is 26.1 Å². The van der Waals surface area contributed by atoms with Crippen LogP contribution in [-0.2, 0) is 11.3 Å². The molecule has 1 aromatic rings. The highest BCUT2D eigenvalue weighted by Gasteiger charge is 2.17. The van der Waals surface area contributed by atoms with Gasteiger partial charge in [-0.25, -0.2) is 0 Å². The maximum absolute atomic E-state index is 5.25. The number of nitrogens with zero attached hydrogens (tertiary/aromatic N) is 3. The Bertz CT molecular complexity index is 756. The smallest absolute Gasteiger partial charge is 0.186 e. The number of aryl methyl sites for hydroxylation is 1. The number of methoxy groups -OCH3 is 1. The van der Waals surface area contributed by atoms with Gasteiger partial charge < -0.3 is 19.9 Å². The minimum atomic E-state index is 0.461. The summed E-state index contributed by atoms with van der Waals surface area (Å²) in [6, 6.07) is 2.11. The van der Waals surface area contributed by atoms with Crippen molar-refractivity contribution in [2.75, 3.05) is 26.8 Å². The molecule has 1 heterocycles. The lowest BCUT2D eigenvalue weighted by Crippen LogP contribution is -2.35. The largest absolute Gasteiger partial charge is 0.385 e. The van der Waals surface area contributed by atoms with Crippen LogP contribution in [0.4, 0.5) is 0 Å². The summed E-state index contributed by atoms with van der Waals surface area (Å²) in [5.74, 6) is 0. The summed E-state index contributed by atoms with van der Waals surface area (Å²) >= 11 is 10.4. The fourth-order valence-corrected chi connectivity index (χ4v) is 3.16. The molecule has 0 aliphatic heterocycles. The normalized spacial score (nSPS) is 11.9. The molecule has 0 amide bonds. The minimum absolute atomic E-state index is 0.461. The third kappa shape index (κ3) is 8.08. The van der Waals surface area contributed by atoms with Gasteiger partial charge in [0, 0.05) is 50.3 Å². The van der Waals surface area contributed by atoms with Crippen LogP contribution >= 0.6 is 24.4 Å². The third-order valence-electron chi connectivity index (χ3n) is 4.17. The van der Waals surface area contributed by atoms with Crippen LogP contribution in [-0.4, -0.2) is 53.0 Å². The van der Waals surface area contributed by atoms with E-state index in [1.165, 1.54) is 0 Å². The molecule has 0 unspecified atom stereocenters. The highest BCUT2D eigenvalue weighted by Crippen LogP contribution is 2.17. The molecule has 8 nitrogen and oxygen atoms in total. The van der Waals surface area contributed by atoms with Crippen molar-refractivity contribution in [3.8, 4) is 0 Å². The Kier molecular flexibility index (Phi) is 11.4. The first-order valence-corrected chi connectivity index (χ1v) is 10.5. The van der Waals surface area contributed by atoms with Gasteiger partial charge in [0.2, 0.25) is 0 Å². The van der Waals surface area contributed by atoms with E-state index in [2.05, 4.69) is 56.2 Å². The SMILES string of the molecule is CCNC(=S)N/N=C(C)/C(=N/NC(=S)NCC)c1cc(C)n(CCCOC)c1C. The van der Waals surface area contributed by atoms with Crippen LogP contribution in [0.15, 0.2) is 16.3 Å². The first-order valence-electron chi connectivity index (χ1n) is 9.71. The number of ether oxygens (including phenoxy) is 1. The number of hydrogen-bond donors (Lipinski definition) is 4. The lowest BCUT2D eigenvalue weighted by Gasteiger charge is -2.12. The second-order valence-electron chi connectivity index (χ2n) is 6.38. The Morgan fingerprint density at radius 2 is 1.66 bits per heavy atom. The molecule has 0 saturated carbocycles. The molecule has 0 radical (unpaired) electrons. The van der Waals surface area contributed by atoms with E-state index in [-0.39, 0.29) is 0 Å². The molecule has 0 saturated heterocycles. The van der Waals surface area contributed by atoms with Gasteiger partial charge in [0.25, 0.3) is 0 Å². The Morgan fingerprint density at radius 1 is 1.07 bits per heavy atom. The van der Waals surface area contributed by atoms with E-state index in [0.717, 1.165) is 49.6 Å². The van der Waals surface area contributed by atoms with Crippen molar-refractivity contribution in [1.29, 1.82) is 0 Å². The molecule has 29 heavy (non-hydrogen) atoms. The zero-order valence-corrected chi connectivity index (χ0v) is 19.8. The van der Waals surface area contributed by atoms with Crippen LogP contribution in [0.2, 0.25) is 0 Å². The van der Waals surface area contributed by atoms with Crippen molar-refractivity contribution in [2.45, 2.75) is 47.6 Å². The quantitative estimate of drug-likeness (QED) is 0.192. The van der Waals surface area contributed by atoms with E-state index in [1.54, 1.807) is 7.11 Å². The van der Waals surface area contributed by atoms with Crippen LogP contribution in [0.1, 0.15) is 44.1 Å². The molecule has 0 spiro atoms. The van der Waals surface area contributed by atoms with Crippen molar-refractivity contribution >= 4 is 46.1 Å². The average molecular weight is 440 g/mol. The summed E-state index contributed by atoms with van der Waals surface area (Å²) in [5, 5.41) is 15.9. The number of thiocarbonyl (C=S) groups is 2. The zero-order chi connectivity index (χ0) is 21.8. The van der Waals surface area contributed by atoms with Crippen molar-refractivity contribution in [2.24, 2.45) is 10.2 Å². The van der Waals surface area contributed by atoms with Gasteiger partial charge >= 0.3 is 0 Å². The van der Waals surface area contributed by atoms with E-state index in [9.17, 15) is 0 Å². The van der Waals surface area contributed by atoms with E-state index >= 15 is 0 Å². The minimum Gasteiger partial charge on any atom is -0.385 e. The number of nitrogens with one attached hydrogen (secondary N) is 4. The molecule has 0 fully saturated rings. The van der Waals surface area contributed by atoms with Crippen LogP contribution in [0, 0.1) is 13.8 Å². The Balaban J connectivity index is 3.21. The molecule has 10 heteroatoms. The van der Waals surface area contributed by atoms with Crippen LogP contribution in [0.25, 0.3) is 0 Å². The fraction of sp³-hybridized carbons (Fsp3) is 0.579. The monoisotopic (exact) mass is 439 g/mol. The second kappa shape index (κ2) is 13.2. The number of hydrazone groups is 2. The summed E-state index contributed by atoms with van der Waals surface area (Å²) in [5.41, 5.74) is 10.4. The Morgan fingerprint density at radius 3 is 2.21 bits per heavy atom. The summed E-state index contributed by atoms with van der Waals surface area (Å²) in [4.78, 5) is 0. The van der Waals surface area contributed by atoms with E-state index in [4.69, 9.17) is 29.2 Å². The Hall–Kier alpha value is -2.04. The molecule has 1 aromatic heterocycles. The molecular weight excluding hydrogens is 406 g/mol. The standard InChI is InChI=1S/C19H33N7OS2/c1-7-20-18(28)24-22-14(4)17(23-25-19(29)21-8-2)16-12-13(3)26(15(16)5)10-9-11-27-6/h12H,7-11H2,1-6H3,(H2,20,24,28)(H2,21,25,29)/b22-14+,23-17-. The predicted molar refractivity (Wildman–Crippen MR) is 129 cm³/mol. The fourth-order valence-electron chi connectivity index (χ4n) is 2.78. The van der Waals surface area contributed by atoms with Crippen molar-refractivity contribution < 1.29 is 4.74 Å². The van der Waals surface area contributed by atoms with Gasteiger partial charge in [0.15, 0.2) is 10.2 Å². The van der Waals surface area contributed by atoms with Gasteiger partial charge in [-0.15, -0.1) is 0 Å². The van der Waals surface area contributed by atoms with Crippen molar-refractivity contribution in [3.05, 3.63) is 23.0 Å². The molecule has 1 rings (SSSR count). The van der Waals surface area contributed by atoms with Gasteiger partial charge in [0.1, 0.15) is 5.71 Å². The molecular formula is C19H33N7OS2. The molecule has 4 N–H and O–H groups in total. The van der Waals surface area contributed by atoms with Crippen LogP contribution in [0.5, 0.6) is 0 Å². The highest BCUT2D eigenvalue weighted by molar-refractivity contribution is 7.80. The van der Waals surface area contributed by atoms with Gasteiger partial charge in [0.05, 0.1) is 5.71 Å². The molecule has 0 aliphatic carbocycles. The van der Waals surface area contributed by atoms with Crippen LogP contribution < -0.4 is 21.5 Å². The maximum atomic E-state index is 5.25. The van der Waals surface area contributed by atoms with Crippen molar-refractivity contribution in [3.63, 3.8) is 0 Å². The first-order chi connectivity index (χ1) is 13.8. The van der Waals surface area contributed by atoms with Gasteiger partial charge in [-0.05, 0) is 71.5 Å². The summed E-state index contributed by atoms with van der Waals surface area (Å²) in [6.45, 7) is 13.0. The average Bonchev–Trinajstić information content (AvgIpc) is 2.95. The van der Waals surface area contributed by atoms with Gasteiger partial charge in [-0.3, -0.25) is 10.9 Å². The topological polar surface area (TPSA) is 87.0 Å². The molecule has 0 atom stereocenters. The summed E-state index contributed by atoms with van der Waals surface area (Å²) < 4.78 is 7.44. The summed E-state index contributed by atoms with van der Waals surface area (Å²) in [7, 11) is 1.72. The number of rotatable bonds is 10. The molecule has 0 aromatic carbocycles. The number of hydrogen-bond acceptors (Lipinski definition) is 5. The number of aromatic nitrogens is 1. The van der Waals surface area contributed by atoms with E-state index in [1.807, 2.05) is 20.8 Å². The van der Waals surface area contributed by atoms with Gasteiger partial charge in [-0.2, -0.15) is 10.2 Å². The lowest BCUT2D eigenvalue weighted by atomic mass is 10.1. The molecule has 162 valence electrons. The maximum Gasteiger partial charge on any atom is 0.186 e. The highest BCUT2D eigenvalue weighted by atomic mass is 32.1. The lowest BCUT2D eigenvalue weighted by molar-refractivity contribution is 0.190. The summed E-state index contributed by atoms with van der Waals surface area (Å²) in [6.07, 6.45) is 0.938. The third-order valence-corrected chi connectivity index (χ3v) is 4.64. The first kappa shape index (κ1) is 25.0.